The van der Waals surface area contributed by atoms with E-state index in [2.05, 4.69) is 24.9 Å². The summed E-state index contributed by atoms with van der Waals surface area (Å²) < 4.78 is 0. The molecule has 0 aliphatic carbocycles. The molecule has 4 nitrogen and oxygen atoms in total. The van der Waals surface area contributed by atoms with Crippen LogP contribution in [-0.2, 0) is 0 Å². The van der Waals surface area contributed by atoms with Crippen LogP contribution in [0.2, 0.25) is 5.02 Å². The Balaban J connectivity index is 2.02. The summed E-state index contributed by atoms with van der Waals surface area (Å²) in [4.78, 5) is 15.7. The minimum atomic E-state index is -0.871. The second-order valence-electron chi connectivity index (χ2n) is 5.98. The van der Waals surface area contributed by atoms with Gasteiger partial charge in [-0.3, -0.25) is 0 Å². The molecule has 0 radical (unpaired) electrons. The van der Waals surface area contributed by atoms with Crippen LogP contribution in [0.15, 0.2) is 24.4 Å². The highest BCUT2D eigenvalue weighted by Crippen LogP contribution is 2.35. The van der Waals surface area contributed by atoms with Gasteiger partial charge in [0.05, 0.1) is 5.02 Å². The molecule has 0 saturated carbocycles. The number of nitrogens with one attached hydrogen (secondary N) is 1. The summed E-state index contributed by atoms with van der Waals surface area (Å²) in [6.07, 6.45) is 3.83. The SMILES string of the molecule is CC(C)c1c[nH]c2cc(Cl)c(C3=CCN(C(=O)O)CC3)cc12. The van der Waals surface area contributed by atoms with Crippen LogP contribution in [0.1, 0.15) is 37.3 Å². The zero-order valence-electron chi connectivity index (χ0n) is 12.7. The molecule has 0 bridgehead atoms. The third-order valence-corrected chi connectivity index (χ3v) is 4.56. The van der Waals surface area contributed by atoms with Crippen molar-refractivity contribution in [2.45, 2.75) is 26.2 Å². The van der Waals surface area contributed by atoms with E-state index in [1.54, 1.807) is 0 Å². The first-order chi connectivity index (χ1) is 10.5. The molecular formula is C17H19ClN2O2. The van der Waals surface area contributed by atoms with E-state index in [4.69, 9.17) is 16.7 Å². The van der Waals surface area contributed by atoms with Crippen molar-refractivity contribution in [1.82, 2.24) is 9.88 Å². The van der Waals surface area contributed by atoms with Crippen molar-refractivity contribution in [3.05, 3.63) is 40.6 Å². The molecule has 5 heteroatoms. The Bertz CT molecular complexity index is 761. The molecule has 0 fully saturated rings. The van der Waals surface area contributed by atoms with Crippen molar-refractivity contribution in [3.8, 4) is 0 Å². The molecule has 22 heavy (non-hydrogen) atoms. The number of fused-ring (bicyclic) bond motifs is 1. The van der Waals surface area contributed by atoms with Gasteiger partial charge in [-0.2, -0.15) is 0 Å². The Kier molecular flexibility index (Phi) is 3.87. The predicted molar refractivity (Wildman–Crippen MR) is 89.6 cm³/mol. The zero-order valence-corrected chi connectivity index (χ0v) is 13.4. The number of amides is 1. The van der Waals surface area contributed by atoms with Gasteiger partial charge in [-0.15, -0.1) is 0 Å². The summed E-state index contributed by atoms with van der Waals surface area (Å²) in [7, 11) is 0. The first kappa shape index (κ1) is 15.0. The van der Waals surface area contributed by atoms with E-state index in [0.29, 0.717) is 30.5 Å². The summed E-state index contributed by atoms with van der Waals surface area (Å²) in [6.45, 7) is 5.27. The molecule has 1 aliphatic rings. The molecule has 1 aromatic carbocycles. The smallest absolute Gasteiger partial charge is 0.407 e. The number of rotatable bonds is 2. The van der Waals surface area contributed by atoms with Crippen molar-refractivity contribution >= 4 is 34.2 Å². The molecule has 0 unspecified atom stereocenters. The molecule has 1 aromatic heterocycles. The Morgan fingerprint density at radius 1 is 1.41 bits per heavy atom. The van der Waals surface area contributed by atoms with Crippen molar-refractivity contribution in [2.24, 2.45) is 0 Å². The average Bonchev–Trinajstić information content (AvgIpc) is 2.89. The molecule has 3 rings (SSSR count). The minimum absolute atomic E-state index is 0.420. The minimum Gasteiger partial charge on any atom is -0.465 e. The molecule has 0 atom stereocenters. The first-order valence-corrected chi connectivity index (χ1v) is 7.83. The third-order valence-electron chi connectivity index (χ3n) is 4.25. The number of aromatic nitrogens is 1. The summed E-state index contributed by atoms with van der Waals surface area (Å²) in [5.41, 5.74) is 4.46. The molecule has 2 N–H and O–H groups in total. The van der Waals surface area contributed by atoms with Gasteiger partial charge < -0.3 is 15.0 Å². The van der Waals surface area contributed by atoms with Crippen LogP contribution in [0.3, 0.4) is 0 Å². The van der Waals surface area contributed by atoms with E-state index in [-0.39, 0.29) is 0 Å². The Labute approximate surface area is 134 Å². The summed E-state index contributed by atoms with van der Waals surface area (Å²) in [6, 6.07) is 4.09. The van der Waals surface area contributed by atoms with E-state index in [0.717, 1.165) is 16.7 Å². The monoisotopic (exact) mass is 318 g/mol. The number of halogens is 1. The van der Waals surface area contributed by atoms with Gasteiger partial charge in [0.15, 0.2) is 0 Å². The van der Waals surface area contributed by atoms with Crippen molar-refractivity contribution in [3.63, 3.8) is 0 Å². The molecule has 0 saturated heterocycles. The number of hydrogen-bond acceptors (Lipinski definition) is 1. The topological polar surface area (TPSA) is 56.3 Å². The van der Waals surface area contributed by atoms with Crippen molar-refractivity contribution < 1.29 is 9.90 Å². The van der Waals surface area contributed by atoms with Crippen molar-refractivity contribution in [2.75, 3.05) is 13.1 Å². The van der Waals surface area contributed by atoms with Crippen LogP contribution in [0.4, 0.5) is 4.79 Å². The number of nitrogens with zero attached hydrogens (tertiary/aromatic N) is 1. The fraction of sp³-hybridized carbons (Fsp3) is 0.353. The average molecular weight is 319 g/mol. The lowest BCUT2D eigenvalue weighted by Gasteiger charge is -2.24. The Hall–Kier alpha value is -1.94. The van der Waals surface area contributed by atoms with Gasteiger partial charge in [-0.25, -0.2) is 4.79 Å². The van der Waals surface area contributed by atoms with Gasteiger partial charge in [0.25, 0.3) is 0 Å². The van der Waals surface area contributed by atoms with Crippen LogP contribution in [0.5, 0.6) is 0 Å². The van der Waals surface area contributed by atoms with Gasteiger partial charge >= 0.3 is 6.09 Å². The molecule has 116 valence electrons. The lowest BCUT2D eigenvalue weighted by molar-refractivity contribution is 0.150. The lowest BCUT2D eigenvalue weighted by atomic mass is 9.95. The fourth-order valence-corrected chi connectivity index (χ4v) is 3.26. The highest BCUT2D eigenvalue weighted by molar-refractivity contribution is 6.33. The second-order valence-corrected chi connectivity index (χ2v) is 6.39. The number of benzene rings is 1. The van der Waals surface area contributed by atoms with Crippen LogP contribution < -0.4 is 0 Å². The van der Waals surface area contributed by atoms with Gasteiger partial charge in [0.1, 0.15) is 0 Å². The summed E-state index contributed by atoms with van der Waals surface area (Å²) >= 11 is 6.43. The summed E-state index contributed by atoms with van der Waals surface area (Å²) in [5, 5.41) is 10.9. The predicted octanol–water partition coefficient (Wildman–Crippen LogP) is 4.71. The maximum absolute atomic E-state index is 11.0. The van der Waals surface area contributed by atoms with Gasteiger partial charge in [0.2, 0.25) is 0 Å². The molecule has 2 heterocycles. The van der Waals surface area contributed by atoms with Crippen LogP contribution in [-0.4, -0.2) is 34.2 Å². The standard InChI is InChI=1S/C17H19ClN2O2/c1-10(2)14-9-19-16-8-15(18)12(7-13(14)16)11-3-5-20(6-4-11)17(21)22/h3,7-10,19H,4-6H2,1-2H3,(H,21,22). The third kappa shape index (κ3) is 2.59. The molecule has 0 spiro atoms. The highest BCUT2D eigenvalue weighted by atomic mass is 35.5. The van der Waals surface area contributed by atoms with Crippen molar-refractivity contribution in [1.29, 1.82) is 0 Å². The van der Waals surface area contributed by atoms with Crippen LogP contribution >= 0.6 is 11.6 Å². The number of H-pyrrole nitrogens is 1. The number of carbonyl (C=O) groups is 1. The zero-order chi connectivity index (χ0) is 15.9. The van der Waals surface area contributed by atoms with Gasteiger partial charge in [-0.1, -0.05) is 31.5 Å². The number of aromatic amines is 1. The van der Waals surface area contributed by atoms with E-state index >= 15 is 0 Å². The highest BCUT2D eigenvalue weighted by Gasteiger charge is 2.19. The molecule has 1 amide bonds. The molecular weight excluding hydrogens is 300 g/mol. The quantitative estimate of drug-likeness (QED) is 0.842. The Morgan fingerprint density at radius 2 is 2.18 bits per heavy atom. The normalized spacial score (nSPS) is 15.5. The van der Waals surface area contributed by atoms with E-state index in [1.807, 2.05) is 18.3 Å². The first-order valence-electron chi connectivity index (χ1n) is 7.45. The van der Waals surface area contributed by atoms with E-state index in [9.17, 15) is 4.79 Å². The van der Waals surface area contributed by atoms with Crippen LogP contribution in [0, 0.1) is 0 Å². The largest absolute Gasteiger partial charge is 0.465 e. The fourth-order valence-electron chi connectivity index (χ4n) is 2.98. The van der Waals surface area contributed by atoms with E-state index < -0.39 is 6.09 Å². The van der Waals surface area contributed by atoms with Gasteiger partial charge in [-0.05, 0) is 41.2 Å². The number of hydrogen-bond donors (Lipinski definition) is 2. The molecule has 1 aliphatic heterocycles. The summed E-state index contributed by atoms with van der Waals surface area (Å²) in [5.74, 6) is 0.436. The Morgan fingerprint density at radius 3 is 2.77 bits per heavy atom. The lowest BCUT2D eigenvalue weighted by Crippen LogP contribution is -2.33. The maximum atomic E-state index is 11.0. The number of carboxylic acid groups (broad SMARTS) is 1. The maximum Gasteiger partial charge on any atom is 0.407 e. The van der Waals surface area contributed by atoms with Gasteiger partial charge in [0, 0.05) is 30.2 Å². The molecule has 2 aromatic rings. The van der Waals surface area contributed by atoms with E-state index in [1.165, 1.54) is 15.8 Å². The second kappa shape index (κ2) is 5.69. The van der Waals surface area contributed by atoms with Crippen LogP contribution in [0.25, 0.3) is 16.5 Å².